The van der Waals surface area contributed by atoms with Gasteiger partial charge in [-0.2, -0.15) is 0 Å². The number of ether oxygens (including phenoxy) is 2. The van der Waals surface area contributed by atoms with Crippen LogP contribution in [0, 0.1) is 5.82 Å². The second kappa shape index (κ2) is 7.82. The van der Waals surface area contributed by atoms with Crippen molar-refractivity contribution in [1.29, 1.82) is 0 Å². The number of aromatic amines is 2. The maximum atomic E-state index is 13.9. The van der Waals surface area contributed by atoms with Crippen LogP contribution in [0.4, 0.5) is 10.2 Å². The Kier molecular flexibility index (Phi) is 5.08. The molecule has 0 saturated heterocycles. The Morgan fingerprint density at radius 2 is 1.96 bits per heavy atom. The van der Waals surface area contributed by atoms with Crippen molar-refractivity contribution in [3.63, 3.8) is 0 Å². The predicted molar refractivity (Wildman–Crippen MR) is 107 cm³/mol. The topological polar surface area (TPSA) is 82.3 Å². The Bertz CT molecular complexity index is 1060. The number of rotatable bonds is 8. The van der Waals surface area contributed by atoms with Crippen LogP contribution in [0.15, 0.2) is 42.5 Å². The fraction of sp³-hybridized carbons (Fsp3) is 0.238. The molecule has 0 atom stereocenters. The molecule has 4 N–H and O–H groups in total. The van der Waals surface area contributed by atoms with Crippen molar-refractivity contribution < 1.29 is 19.0 Å². The van der Waals surface area contributed by atoms with E-state index in [9.17, 15) is 4.39 Å². The van der Waals surface area contributed by atoms with E-state index in [1.165, 1.54) is 6.07 Å². The van der Waals surface area contributed by atoms with Gasteiger partial charge in [-0.25, -0.2) is 4.39 Å². The van der Waals surface area contributed by atoms with Crippen molar-refractivity contribution in [2.75, 3.05) is 25.6 Å². The minimum atomic E-state index is -0.233. The Hall–Kier alpha value is -3.19. The predicted octanol–water partition coefficient (Wildman–Crippen LogP) is 4.12. The number of anilines is 1. The van der Waals surface area contributed by atoms with E-state index < -0.39 is 0 Å². The zero-order valence-corrected chi connectivity index (χ0v) is 15.5. The maximum absolute atomic E-state index is 13.9. The van der Waals surface area contributed by atoms with Gasteiger partial charge in [-0.15, -0.1) is 0 Å². The summed E-state index contributed by atoms with van der Waals surface area (Å²) in [5, 5.41) is 20.5. The number of aliphatic hydroxyl groups excluding tert-OH is 1. The minimum absolute atomic E-state index is 0.0802. The average Bonchev–Trinajstić information content (AvgIpc) is 3.26. The van der Waals surface area contributed by atoms with E-state index in [0.717, 1.165) is 27.8 Å². The molecule has 28 heavy (non-hydrogen) atoms. The molecule has 0 radical (unpaired) electrons. The number of H-pyrrole nitrogens is 2. The number of fused-ring (bicyclic) bond motifs is 3. The van der Waals surface area contributed by atoms with Crippen LogP contribution in [0.1, 0.15) is 12.0 Å². The summed E-state index contributed by atoms with van der Waals surface area (Å²) >= 11 is 0. The van der Waals surface area contributed by atoms with E-state index in [1.807, 2.05) is 24.3 Å². The van der Waals surface area contributed by atoms with Gasteiger partial charge in [0.05, 0.1) is 19.4 Å². The van der Waals surface area contributed by atoms with E-state index in [4.69, 9.17) is 14.6 Å². The monoisotopic (exact) mass is 383 g/mol. The van der Waals surface area contributed by atoms with Gasteiger partial charge in [0.2, 0.25) is 0 Å². The number of benzene rings is 2. The van der Waals surface area contributed by atoms with Crippen molar-refractivity contribution in [2.24, 2.45) is 0 Å². The number of aromatic nitrogens is 2. The SMILES string of the molecule is COc1cc2c3[nH][nH]c(NCc4ccccc4F)c-3cc2cc1OCCCO. The molecule has 1 aliphatic heterocycles. The minimum Gasteiger partial charge on any atom is -0.493 e. The highest BCUT2D eigenvalue weighted by atomic mass is 19.1. The quantitative estimate of drug-likeness (QED) is 0.345. The van der Waals surface area contributed by atoms with Crippen molar-refractivity contribution in [3.8, 4) is 22.8 Å². The smallest absolute Gasteiger partial charge is 0.161 e. The van der Waals surface area contributed by atoms with Crippen molar-refractivity contribution in [2.45, 2.75) is 13.0 Å². The first kappa shape index (κ1) is 18.2. The summed E-state index contributed by atoms with van der Waals surface area (Å²) in [5.74, 6) is 1.83. The molecule has 1 heterocycles. The highest BCUT2D eigenvalue weighted by Gasteiger charge is 2.19. The lowest BCUT2D eigenvalue weighted by atomic mass is 10.2. The first-order valence-corrected chi connectivity index (χ1v) is 9.13. The molecule has 0 unspecified atom stereocenters. The average molecular weight is 383 g/mol. The number of methoxy groups -OCH3 is 1. The zero-order valence-electron chi connectivity index (χ0n) is 15.5. The third-order valence-electron chi connectivity index (χ3n) is 4.73. The standard InChI is InChI=1S/C21H22FN3O3/c1-27-18-11-15-14(10-19(18)28-8-4-7-26)9-16-20(15)24-25-21(16)23-12-13-5-2-3-6-17(13)22/h2-3,5-6,9-11,23-26H,4,7-8,12H2,1H3. The van der Waals surface area contributed by atoms with Gasteiger partial charge in [-0.3, -0.25) is 10.2 Å². The van der Waals surface area contributed by atoms with Gasteiger partial charge >= 0.3 is 0 Å². The van der Waals surface area contributed by atoms with Crippen LogP contribution in [0.2, 0.25) is 0 Å². The Morgan fingerprint density at radius 1 is 1.11 bits per heavy atom. The van der Waals surface area contributed by atoms with Gasteiger partial charge in [0.15, 0.2) is 11.5 Å². The van der Waals surface area contributed by atoms with Crippen LogP contribution >= 0.6 is 0 Å². The number of hydrogen-bond acceptors (Lipinski definition) is 4. The van der Waals surface area contributed by atoms with Crippen molar-refractivity contribution in [3.05, 3.63) is 53.8 Å². The summed E-state index contributed by atoms with van der Waals surface area (Å²) in [7, 11) is 1.60. The Morgan fingerprint density at radius 3 is 2.75 bits per heavy atom. The van der Waals surface area contributed by atoms with Gasteiger partial charge in [0.1, 0.15) is 11.6 Å². The number of aliphatic hydroxyl groups is 1. The Balaban J connectivity index is 1.62. The summed E-state index contributed by atoms with van der Waals surface area (Å²) in [6, 6.07) is 12.6. The fourth-order valence-electron chi connectivity index (χ4n) is 3.29. The van der Waals surface area contributed by atoms with Crippen LogP contribution in [0.5, 0.6) is 11.5 Å². The first-order valence-electron chi connectivity index (χ1n) is 9.13. The Labute approximate surface area is 161 Å². The molecular formula is C21H22FN3O3. The molecule has 0 aromatic heterocycles. The molecule has 6 nitrogen and oxygen atoms in total. The van der Waals surface area contributed by atoms with Crippen molar-refractivity contribution >= 4 is 16.6 Å². The lowest BCUT2D eigenvalue weighted by molar-refractivity contribution is 0.228. The molecule has 0 fully saturated rings. The van der Waals surface area contributed by atoms with E-state index in [-0.39, 0.29) is 12.4 Å². The third-order valence-corrected chi connectivity index (χ3v) is 4.73. The molecule has 4 rings (SSSR count). The van der Waals surface area contributed by atoms with Gasteiger partial charge in [0, 0.05) is 36.1 Å². The summed E-state index contributed by atoms with van der Waals surface area (Å²) < 4.78 is 25.0. The number of hydrogen-bond donors (Lipinski definition) is 4. The molecule has 1 aliphatic carbocycles. The molecule has 2 aromatic rings. The lowest BCUT2D eigenvalue weighted by Crippen LogP contribution is -2.02. The molecule has 0 spiro atoms. The summed E-state index contributed by atoms with van der Waals surface area (Å²) in [5.41, 5.74) is 2.51. The van der Waals surface area contributed by atoms with Crippen LogP contribution < -0.4 is 14.8 Å². The third kappa shape index (κ3) is 3.36. The number of halogens is 1. The maximum Gasteiger partial charge on any atom is 0.161 e. The molecule has 0 saturated carbocycles. The normalized spacial score (nSPS) is 11.2. The van der Waals surface area contributed by atoms with Gasteiger partial charge in [-0.05, 0) is 29.7 Å². The van der Waals surface area contributed by atoms with Crippen molar-refractivity contribution in [1.82, 2.24) is 10.2 Å². The summed E-state index contributed by atoms with van der Waals surface area (Å²) in [4.78, 5) is 0. The van der Waals surface area contributed by atoms with E-state index >= 15 is 0 Å². The van der Waals surface area contributed by atoms with Crippen LogP contribution in [-0.4, -0.2) is 35.6 Å². The van der Waals surface area contributed by atoms with E-state index in [2.05, 4.69) is 15.5 Å². The van der Waals surface area contributed by atoms with E-state index in [0.29, 0.717) is 36.6 Å². The second-order valence-electron chi connectivity index (χ2n) is 6.52. The summed E-state index contributed by atoms with van der Waals surface area (Å²) in [6.45, 7) is 0.869. The van der Waals surface area contributed by atoms with Crippen LogP contribution in [-0.2, 0) is 6.54 Å². The van der Waals surface area contributed by atoms with Gasteiger partial charge in [-0.1, -0.05) is 18.2 Å². The first-order chi connectivity index (χ1) is 13.7. The lowest BCUT2D eigenvalue weighted by Gasteiger charge is -2.10. The highest BCUT2D eigenvalue weighted by molar-refractivity contribution is 6.05. The molecule has 146 valence electrons. The van der Waals surface area contributed by atoms with Crippen LogP contribution in [0.25, 0.3) is 22.0 Å². The molecule has 0 amide bonds. The largest absolute Gasteiger partial charge is 0.493 e. The molecule has 7 heteroatoms. The molecule has 0 bridgehead atoms. The number of nitrogens with one attached hydrogen (secondary N) is 3. The fourth-order valence-corrected chi connectivity index (χ4v) is 3.29. The molecule has 2 aromatic carbocycles. The second-order valence-corrected chi connectivity index (χ2v) is 6.52. The van der Waals surface area contributed by atoms with Crippen LogP contribution in [0.3, 0.4) is 0 Å². The van der Waals surface area contributed by atoms with Gasteiger partial charge < -0.3 is 19.9 Å². The summed E-state index contributed by atoms with van der Waals surface area (Å²) in [6.07, 6.45) is 0.558. The van der Waals surface area contributed by atoms with E-state index in [1.54, 1.807) is 19.2 Å². The highest BCUT2D eigenvalue weighted by Crippen LogP contribution is 2.42. The molecule has 2 aliphatic rings. The van der Waals surface area contributed by atoms with Gasteiger partial charge in [0.25, 0.3) is 0 Å². The zero-order chi connectivity index (χ0) is 19.5. The molecular weight excluding hydrogens is 361 g/mol.